The van der Waals surface area contributed by atoms with Crippen molar-refractivity contribution in [2.75, 3.05) is 0 Å². The van der Waals surface area contributed by atoms with Crippen molar-refractivity contribution in [2.24, 2.45) is 0 Å². The van der Waals surface area contributed by atoms with E-state index in [9.17, 15) is 26.3 Å². The van der Waals surface area contributed by atoms with Crippen molar-refractivity contribution in [3.8, 4) is 33.4 Å². The normalized spacial score (nSPS) is 15.0. The molecule has 0 fully saturated rings. The van der Waals surface area contributed by atoms with Gasteiger partial charge in [-0.2, -0.15) is 0 Å². The van der Waals surface area contributed by atoms with Gasteiger partial charge in [0.15, 0.2) is 0 Å². The van der Waals surface area contributed by atoms with Crippen LogP contribution in [0.1, 0.15) is 22.0 Å². The van der Waals surface area contributed by atoms with E-state index in [1.165, 1.54) is 24.3 Å². The molecule has 1 atom stereocenters. The van der Waals surface area contributed by atoms with Crippen LogP contribution in [0.15, 0.2) is 42.0 Å². The number of fused-ring (bicyclic) bond motifs is 1. The van der Waals surface area contributed by atoms with Gasteiger partial charge in [-0.1, -0.05) is 0 Å². The quantitative estimate of drug-likeness (QED) is 0.0857. The average Bonchev–Trinajstić information content (AvgIpc) is 3.22. The van der Waals surface area contributed by atoms with Crippen LogP contribution in [0.2, 0.25) is 14.8 Å². The van der Waals surface area contributed by atoms with E-state index >= 15 is 17.6 Å². The van der Waals surface area contributed by atoms with E-state index in [0.717, 1.165) is 6.07 Å². The minimum absolute atomic E-state index is 0.0731. The van der Waals surface area contributed by atoms with Crippen LogP contribution < -0.4 is 0 Å². The first-order chi connectivity index (χ1) is 20.0. The average molecular weight is 711 g/mol. The predicted molar refractivity (Wildman–Crippen MR) is 147 cm³/mol. The summed E-state index contributed by atoms with van der Waals surface area (Å²) in [7, 11) is 6.54. The Balaban J connectivity index is 2.16. The standard InChI is InChI=1S/C28H10BF10.3CH3.Sn/c1-9-7-11-8-12(16-19(30)23(34)27(38)24(35)20(16)31)15(17-21(32)25(36)28(39)26(37)22(17)33)13(14(11)18(9)29)10-5-3-2-4-6-10;;;;/h2-8H,1H3;3*1H3;. The molecule has 5 rings (SSSR count). The third-order valence-corrected chi connectivity index (χ3v) is 14.7. The number of allylic oxidation sites excluding steroid dienone is 1. The molecule has 1 aliphatic carbocycles. The van der Waals surface area contributed by atoms with E-state index in [-0.39, 0.29) is 27.7 Å². The first-order valence-electron chi connectivity index (χ1n) is 12.8. The number of rotatable bonds is 4. The van der Waals surface area contributed by atoms with Crippen molar-refractivity contribution in [1.29, 1.82) is 0 Å². The molecule has 0 aromatic heterocycles. The second-order valence-corrected chi connectivity index (χ2v) is 26.4. The number of halogens is 10. The van der Waals surface area contributed by atoms with Gasteiger partial charge in [-0.3, -0.25) is 0 Å². The van der Waals surface area contributed by atoms with Gasteiger partial charge in [-0.25, -0.2) is 0 Å². The number of benzene rings is 4. The van der Waals surface area contributed by atoms with Gasteiger partial charge in [-0.05, 0) is 0 Å². The molecule has 4 aromatic rings. The fourth-order valence-electron chi connectivity index (χ4n) is 5.94. The van der Waals surface area contributed by atoms with Gasteiger partial charge >= 0.3 is 246 Å². The summed E-state index contributed by atoms with van der Waals surface area (Å²) in [6.07, 6.45) is 0. The molecule has 1 unspecified atom stereocenters. The van der Waals surface area contributed by atoms with E-state index in [1.807, 2.05) is 14.8 Å². The molecule has 12 heteroatoms. The van der Waals surface area contributed by atoms with Gasteiger partial charge in [0.2, 0.25) is 0 Å². The summed E-state index contributed by atoms with van der Waals surface area (Å²) in [5, 5.41) is 0. The molecule has 0 saturated heterocycles. The zero-order valence-corrected chi connectivity index (χ0v) is 25.8. The summed E-state index contributed by atoms with van der Waals surface area (Å²) in [6, 6.07) is 8.26. The molecular weight excluding hydrogens is 692 g/mol. The third kappa shape index (κ3) is 4.60. The van der Waals surface area contributed by atoms with Crippen molar-refractivity contribution >= 4 is 31.7 Å². The Labute approximate surface area is 245 Å². The molecule has 220 valence electrons. The van der Waals surface area contributed by atoms with Crippen LogP contribution in [0.25, 0.3) is 38.9 Å². The summed E-state index contributed by atoms with van der Waals surface area (Å²) in [5.74, 6) is -23.9. The zero-order chi connectivity index (χ0) is 31.9. The summed E-state index contributed by atoms with van der Waals surface area (Å²) in [6.45, 7) is 1.67. The van der Waals surface area contributed by atoms with Crippen LogP contribution in [0.5, 0.6) is 0 Å². The number of hydrogen-bond acceptors (Lipinski definition) is 0. The van der Waals surface area contributed by atoms with Crippen LogP contribution in [-0.2, 0) is 0 Å². The Kier molecular flexibility index (Phi) is 7.80. The SMILES string of the molecule is [B]C1=C(C)[CH]([Sn]([CH3])([CH3])[CH3])c2cc(-c3c(F)c(F)c(F)c(F)c3F)c(-c3c(F)c(F)c(F)c(F)c3F)c(-c3ccccc3)c21. The first kappa shape index (κ1) is 31.2. The van der Waals surface area contributed by atoms with Crippen LogP contribution in [-0.4, -0.2) is 26.2 Å². The van der Waals surface area contributed by atoms with Crippen LogP contribution in [0, 0.1) is 58.2 Å². The molecule has 0 saturated carbocycles. The Hall–Kier alpha value is -3.22. The Bertz CT molecular complexity index is 1820. The van der Waals surface area contributed by atoms with Gasteiger partial charge in [0.1, 0.15) is 0 Å². The van der Waals surface area contributed by atoms with Crippen molar-refractivity contribution in [3.63, 3.8) is 0 Å². The summed E-state index contributed by atoms with van der Waals surface area (Å²) < 4.78 is 148. The molecule has 2 radical (unpaired) electrons. The molecule has 0 aliphatic heterocycles. The molecular formula is C31H19BF10Sn. The monoisotopic (exact) mass is 712 g/mol. The Morgan fingerprint density at radius 1 is 0.535 bits per heavy atom. The molecule has 1 aliphatic rings. The molecule has 0 amide bonds. The van der Waals surface area contributed by atoms with E-state index in [1.54, 1.807) is 13.0 Å². The number of hydrogen-bond donors (Lipinski definition) is 0. The van der Waals surface area contributed by atoms with E-state index in [0.29, 0.717) is 5.57 Å². The van der Waals surface area contributed by atoms with Crippen LogP contribution >= 0.6 is 0 Å². The van der Waals surface area contributed by atoms with Gasteiger partial charge in [0.05, 0.1) is 0 Å². The molecule has 0 N–H and O–H groups in total. The summed E-state index contributed by atoms with van der Waals surface area (Å²) in [5.41, 5.74) is -4.31. The molecule has 43 heavy (non-hydrogen) atoms. The fourth-order valence-corrected chi connectivity index (χ4v) is 13.4. The Morgan fingerprint density at radius 3 is 1.40 bits per heavy atom. The molecule has 0 heterocycles. The van der Waals surface area contributed by atoms with E-state index < -0.39 is 103 Å². The van der Waals surface area contributed by atoms with E-state index in [4.69, 9.17) is 7.85 Å². The molecule has 0 nitrogen and oxygen atoms in total. The fraction of sp³-hybridized carbons (Fsp3) is 0.161. The van der Waals surface area contributed by atoms with Crippen molar-refractivity contribution < 1.29 is 43.9 Å². The topological polar surface area (TPSA) is 0 Å². The molecule has 0 spiro atoms. The summed E-state index contributed by atoms with van der Waals surface area (Å²) in [4.78, 5) is 5.97. The van der Waals surface area contributed by atoms with Gasteiger partial charge < -0.3 is 0 Å². The van der Waals surface area contributed by atoms with Crippen molar-refractivity contribution in [1.82, 2.24) is 0 Å². The van der Waals surface area contributed by atoms with E-state index in [2.05, 4.69) is 0 Å². The van der Waals surface area contributed by atoms with Crippen molar-refractivity contribution in [2.45, 2.75) is 25.7 Å². The maximum atomic E-state index is 15.5. The summed E-state index contributed by atoms with van der Waals surface area (Å²) >= 11 is -3.25. The molecule has 4 aromatic carbocycles. The second kappa shape index (κ2) is 10.7. The third-order valence-electron chi connectivity index (χ3n) is 7.66. The zero-order valence-electron chi connectivity index (χ0n) is 22.9. The Morgan fingerprint density at radius 2 is 0.953 bits per heavy atom. The predicted octanol–water partition coefficient (Wildman–Crippen LogP) is 9.95. The van der Waals surface area contributed by atoms with Crippen molar-refractivity contribution in [3.05, 3.63) is 111 Å². The van der Waals surface area contributed by atoms with Gasteiger partial charge in [0, 0.05) is 0 Å². The maximum absolute atomic E-state index is 15.5. The van der Waals surface area contributed by atoms with Gasteiger partial charge in [0.25, 0.3) is 0 Å². The van der Waals surface area contributed by atoms with Gasteiger partial charge in [-0.15, -0.1) is 0 Å². The van der Waals surface area contributed by atoms with Crippen LogP contribution in [0.3, 0.4) is 0 Å². The minimum atomic E-state index is -3.25. The second-order valence-electron chi connectivity index (χ2n) is 11.3. The molecule has 0 bridgehead atoms. The van der Waals surface area contributed by atoms with Crippen LogP contribution in [0.4, 0.5) is 43.9 Å². The first-order valence-corrected chi connectivity index (χ1v) is 23.0.